The number of rotatable bonds is 15. The van der Waals surface area contributed by atoms with E-state index in [-0.39, 0.29) is 59.7 Å². The Labute approximate surface area is 461 Å². The highest BCUT2D eigenvalue weighted by molar-refractivity contribution is 7.91. The van der Waals surface area contributed by atoms with E-state index in [2.05, 4.69) is 37.5 Å². The first kappa shape index (κ1) is 58.2. The molecule has 2 aromatic heterocycles. The molecule has 1 unspecified atom stereocenters. The summed E-state index contributed by atoms with van der Waals surface area (Å²) in [5.41, 5.74) is 0.650. The average Bonchev–Trinajstić information content (AvgIpc) is 4.18. The fraction of sp³-hybridized carbons (Fsp3) is 0.456. The fourth-order valence-corrected chi connectivity index (χ4v) is 13.0. The van der Waals surface area contributed by atoms with Gasteiger partial charge in [-0.3, -0.25) is 19.2 Å². The molecule has 22 heteroatoms. The highest BCUT2D eigenvalue weighted by atomic mass is 32.2. The molecular weight excluding hydrogens is 1060 g/mol. The van der Waals surface area contributed by atoms with E-state index in [1.165, 1.54) is 46.6 Å². The molecule has 418 valence electrons. The van der Waals surface area contributed by atoms with Crippen LogP contribution in [0, 0.1) is 48.9 Å². The number of aliphatic hydroxyl groups excluding tert-OH is 1. The van der Waals surface area contributed by atoms with Crippen molar-refractivity contribution in [2.24, 2.45) is 11.8 Å². The van der Waals surface area contributed by atoms with Crippen molar-refractivity contribution >= 4 is 50.5 Å². The van der Waals surface area contributed by atoms with Crippen molar-refractivity contribution in [3.05, 3.63) is 118 Å². The number of sulfone groups is 1. The number of aryl methyl sites for hydroxylation is 2. The number of amides is 4. The third-order valence-electron chi connectivity index (χ3n) is 14.9. The zero-order valence-electron chi connectivity index (χ0n) is 44.4. The molecule has 3 fully saturated rings. The molecule has 79 heavy (non-hydrogen) atoms. The van der Waals surface area contributed by atoms with Gasteiger partial charge < -0.3 is 40.1 Å². The summed E-state index contributed by atoms with van der Waals surface area (Å²) in [7, 11) is -4.27. The number of carbonyl (C=O) groups excluding carboxylic acids is 4. The number of thiazole rings is 1. The third-order valence-corrected chi connectivity index (χ3v) is 17.8. The second kappa shape index (κ2) is 24.2. The Bertz CT molecular complexity index is 3260. The second-order valence-electron chi connectivity index (χ2n) is 21.2. The average molecular weight is 1130 g/mol. The Kier molecular flexibility index (Phi) is 17.8. The number of nitriles is 1. The molecule has 0 saturated carbocycles. The summed E-state index contributed by atoms with van der Waals surface area (Å²) in [5.74, 6) is 2.76. The van der Waals surface area contributed by atoms with Gasteiger partial charge in [0, 0.05) is 55.3 Å². The molecule has 0 bridgehead atoms. The number of alkyl halides is 3. The first-order valence-electron chi connectivity index (χ1n) is 26.1. The lowest BCUT2D eigenvalue weighted by Gasteiger charge is -2.41. The zero-order valence-corrected chi connectivity index (χ0v) is 46.1. The maximum atomic E-state index is 14.4. The number of nitrogens with one attached hydrogen (secondary N) is 2. The molecule has 4 N–H and O–H groups in total. The van der Waals surface area contributed by atoms with Gasteiger partial charge in [-0.1, -0.05) is 55.1 Å². The lowest BCUT2D eigenvalue weighted by Crippen LogP contribution is -2.50. The van der Waals surface area contributed by atoms with Gasteiger partial charge in [-0.05, 0) is 119 Å². The summed E-state index contributed by atoms with van der Waals surface area (Å²) in [6.07, 6.45) is -2.67. The van der Waals surface area contributed by atoms with Crippen LogP contribution < -0.4 is 10.6 Å². The smallest absolute Gasteiger partial charge is 0.391 e. The number of halogens is 3. The Balaban J connectivity index is 0.843. The molecule has 17 nitrogen and oxygen atoms in total. The van der Waals surface area contributed by atoms with Crippen molar-refractivity contribution in [1.29, 1.82) is 5.26 Å². The number of hydrogen-bond acceptors (Lipinski definition) is 14. The standard InChI is InChI=1S/C57H63F3N8O9S2/c1-34(2)51(49-26-35(3)65-77-49)54(72)68-31-44(69)28-48(68)53(71)64-47(39-10-12-40(13-11-39)52-36(4)62-33-78-52)29-50(70)67-24-20-43(21-25-67)66-22-18-38(19-23-66)7-6-37-8-16-45(17-9-37)79(75,76)32-56(5,74)55(73)63-42-15-14-41(30-61)46(27-42)57(58,59)60/h8-17,26-27,33-34,38,43-44,47-48,51,69,74H,18-25,28-29,31-32H2,1-5H3,(H,63,73)(H,64,71)/t44-,47+,48+,51-,56?/m1/s1. The largest absolute Gasteiger partial charge is 0.417 e. The second-order valence-corrected chi connectivity index (χ2v) is 24.1. The topological polar surface area (TPSA) is 239 Å². The molecule has 4 amide bonds. The first-order chi connectivity index (χ1) is 37.4. The predicted octanol–water partition coefficient (Wildman–Crippen LogP) is 7.17. The van der Waals surface area contributed by atoms with Gasteiger partial charge >= 0.3 is 6.18 Å². The molecule has 0 spiro atoms. The van der Waals surface area contributed by atoms with E-state index in [1.54, 1.807) is 18.5 Å². The van der Waals surface area contributed by atoms with E-state index in [0.29, 0.717) is 36.2 Å². The van der Waals surface area contributed by atoms with Crippen molar-refractivity contribution in [2.75, 3.05) is 43.8 Å². The van der Waals surface area contributed by atoms with Gasteiger partial charge in [-0.15, -0.1) is 11.3 Å². The number of carbonyl (C=O) groups is 4. The van der Waals surface area contributed by atoms with Crippen LogP contribution in [0.4, 0.5) is 18.9 Å². The van der Waals surface area contributed by atoms with Crippen LogP contribution in [0.15, 0.2) is 87.7 Å². The zero-order chi connectivity index (χ0) is 57.0. The Morgan fingerprint density at radius 2 is 1.63 bits per heavy atom. The third kappa shape index (κ3) is 13.9. The minimum Gasteiger partial charge on any atom is -0.391 e. The van der Waals surface area contributed by atoms with Gasteiger partial charge in [0.25, 0.3) is 5.91 Å². The van der Waals surface area contributed by atoms with Crippen molar-refractivity contribution in [1.82, 2.24) is 30.2 Å². The van der Waals surface area contributed by atoms with Gasteiger partial charge in [0.1, 0.15) is 17.7 Å². The van der Waals surface area contributed by atoms with E-state index in [4.69, 9.17) is 9.78 Å². The number of aliphatic hydroxyl groups is 2. The predicted molar refractivity (Wildman–Crippen MR) is 287 cm³/mol. The van der Waals surface area contributed by atoms with Crippen LogP contribution in [-0.2, 0) is 35.2 Å². The molecule has 5 heterocycles. The summed E-state index contributed by atoms with van der Waals surface area (Å²) < 4.78 is 72.5. The number of aromatic nitrogens is 2. The SMILES string of the molecule is Cc1cc([C@H](C(=O)N2C[C@H](O)C[C@H]2C(=O)N[C@@H](CC(=O)N2CCC(N3CCC(C#Cc4ccc(S(=O)(=O)CC(C)(O)C(=O)Nc5ccc(C#N)c(C(F)(F)F)c5)cc4)CC3)CC2)c2ccc(-c3scnc3C)cc2)C(C)C)on1. The van der Waals surface area contributed by atoms with Crippen LogP contribution in [0.2, 0.25) is 0 Å². The number of likely N-dealkylation sites (tertiary alicyclic amines) is 3. The van der Waals surface area contributed by atoms with E-state index in [1.807, 2.05) is 49.9 Å². The van der Waals surface area contributed by atoms with Crippen LogP contribution in [0.25, 0.3) is 10.4 Å². The summed E-state index contributed by atoms with van der Waals surface area (Å²) in [4.78, 5) is 66.6. The normalized spacial score (nSPS) is 19.2. The van der Waals surface area contributed by atoms with Crippen LogP contribution in [-0.4, -0.2) is 129 Å². The van der Waals surface area contributed by atoms with Crippen molar-refractivity contribution in [3.8, 4) is 28.4 Å². The number of benzene rings is 3. The van der Waals surface area contributed by atoms with Gasteiger partial charge in [0.2, 0.25) is 17.7 Å². The molecule has 5 aromatic rings. The number of nitrogens with zero attached hydrogens (tertiary/aromatic N) is 6. The van der Waals surface area contributed by atoms with Crippen molar-refractivity contribution in [3.63, 3.8) is 0 Å². The minimum atomic E-state index is -4.90. The molecule has 0 radical (unpaired) electrons. The van der Waals surface area contributed by atoms with Gasteiger partial charge in [0.05, 0.1) is 68.2 Å². The lowest BCUT2D eigenvalue weighted by molar-refractivity contribution is -0.141. The maximum absolute atomic E-state index is 14.4. The molecule has 8 rings (SSSR count). The molecule has 0 aliphatic carbocycles. The van der Waals surface area contributed by atoms with E-state index < -0.39 is 74.4 Å². The highest BCUT2D eigenvalue weighted by Gasteiger charge is 2.44. The number of hydrogen-bond donors (Lipinski definition) is 4. The molecule has 3 saturated heterocycles. The monoisotopic (exact) mass is 1120 g/mol. The van der Waals surface area contributed by atoms with Gasteiger partial charge in [-0.2, -0.15) is 18.4 Å². The summed E-state index contributed by atoms with van der Waals surface area (Å²) >= 11 is 1.52. The molecule has 5 atom stereocenters. The van der Waals surface area contributed by atoms with E-state index >= 15 is 0 Å². The van der Waals surface area contributed by atoms with Crippen LogP contribution >= 0.6 is 11.3 Å². The van der Waals surface area contributed by atoms with Crippen LogP contribution in [0.3, 0.4) is 0 Å². The van der Waals surface area contributed by atoms with Gasteiger partial charge in [0.15, 0.2) is 15.4 Å². The minimum absolute atomic E-state index is 0.0180. The van der Waals surface area contributed by atoms with E-state index in [9.17, 15) is 51.0 Å². The Morgan fingerprint density at radius 3 is 2.23 bits per heavy atom. The first-order valence-corrected chi connectivity index (χ1v) is 28.7. The van der Waals surface area contributed by atoms with Crippen LogP contribution in [0.5, 0.6) is 0 Å². The summed E-state index contributed by atoms with van der Waals surface area (Å²) in [5, 5.41) is 40.0. The van der Waals surface area contributed by atoms with E-state index in [0.717, 1.165) is 79.5 Å². The summed E-state index contributed by atoms with van der Waals surface area (Å²) in [6.45, 7) is 11.1. The number of piperidine rings is 2. The Hall–Kier alpha value is -6.95. The highest BCUT2D eigenvalue weighted by Crippen LogP contribution is 2.36. The lowest BCUT2D eigenvalue weighted by atomic mass is 9.91. The molecule has 3 aliphatic heterocycles. The van der Waals surface area contributed by atoms with Crippen molar-refractivity contribution in [2.45, 2.75) is 120 Å². The van der Waals surface area contributed by atoms with Crippen molar-refractivity contribution < 1.29 is 55.5 Å². The summed E-state index contributed by atoms with van der Waals surface area (Å²) in [6, 6.07) is 17.5. The van der Waals surface area contributed by atoms with Gasteiger partial charge in [-0.25, -0.2) is 13.4 Å². The number of β-amino-alcohol motifs (C(OH)–C–C–N with tert-alkyl or cyclic N) is 1. The molecule has 3 aliphatic rings. The molecule has 3 aromatic carbocycles. The molecular formula is C57H63F3N8O9S2. The fourth-order valence-electron chi connectivity index (χ4n) is 10.6. The maximum Gasteiger partial charge on any atom is 0.417 e. The Morgan fingerprint density at radius 1 is 0.949 bits per heavy atom. The van der Waals surface area contributed by atoms with Crippen LogP contribution in [0.1, 0.15) is 111 Å². The quantitative estimate of drug-likeness (QED) is 0.0762. The number of anilines is 1.